The van der Waals surface area contributed by atoms with Crippen LogP contribution < -0.4 is 15.4 Å². The van der Waals surface area contributed by atoms with Crippen LogP contribution in [0.2, 0.25) is 0 Å². The number of hydrogen-bond donors (Lipinski definition) is 2. The maximum atomic E-state index is 12.6. The van der Waals surface area contributed by atoms with E-state index in [1.54, 1.807) is 36.4 Å². The van der Waals surface area contributed by atoms with Crippen molar-refractivity contribution >= 4 is 34.5 Å². The smallest absolute Gasteiger partial charge is 0.265 e. The molecule has 0 fully saturated rings. The Hall–Kier alpha value is -3.12. The third-order valence-corrected chi connectivity index (χ3v) is 4.71. The molecule has 3 aromatic rings. The summed E-state index contributed by atoms with van der Waals surface area (Å²) < 4.78 is 5.39. The standard InChI is InChI=1S/C21H20N2O3S/c1-3-26-16-9-7-15(8-10-16)20(24)23-18-13-14(2)6-11-17(18)22-21(25)19-5-4-12-27-19/h4-13H,3H2,1-2H3,(H,22,25)(H,23,24). The number of rotatable bonds is 6. The predicted molar refractivity (Wildman–Crippen MR) is 109 cm³/mol. The van der Waals surface area contributed by atoms with E-state index >= 15 is 0 Å². The van der Waals surface area contributed by atoms with Crippen LogP contribution in [0.5, 0.6) is 5.75 Å². The average Bonchev–Trinajstić information content (AvgIpc) is 3.19. The molecule has 0 bridgehead atoms. The molecule has 3 rings (SSSR count). The number of hydrogen-bond acceptors (Lipinski definition) is 4. The van der Waals surface area contributed by atoms with E-state index < -0.39 is 0 Å². The van der Waals surface area contributed by atoms with Gasteiger partial charge in [0.25, 0.3) is 11.8 Å². The lowest BCUT2D eigenvalue weighted by molar-refractivity contribution is 0.101. The zero-order chi connectivity index (χ0) is 19.2. The van der Waals surface area contributed by atoms with E-state index in [9.17, 15) is 9.59 Å². The first-order valence-corrected chi connectivity index (χ1v) is 9.44. The topological polar surface area (TPSA) is 67.4 Å². The number of ether oxygens (including phenoxy) is 1. The van der Waals surface area contributed by atoms with Gasteiger partial charge in [0.1, 0.15) is 5.75 Å². The molecule has 0 aliphatic heterocycles. The van der Waals surface area contributed by atoms with E-state index in [2.05, 4.69) is 10.6 Å². The van der Waals surface area contributed by atoms with Crippen molar-refractivity contribution in [2.24, 2.45) is 0 Å². The number of carbonyl (C=O) groups excluding carboxylic acids is 2. The molecule has 1 heterocycles. The Morgan fingerprint density at radius 3 is 2.37 bits per heavy atom. The highest BCUT2D eigenvalue weighted by Gasteiger charge is 2.13. The summed E-state index contributed by atoms with van der Waals surface area (Å²) in [5.41, 5.74) is 2.60. The first-order valence-electron chi connectivity index (χ1n) is 8.56. The Balaban J connectivity index is 1.78. The van der Waals surface area contributed by atoms with Crippen LogP contribution in [0, 0.1) is 6.92 Å². The summed E-state index contributed by atoms with van der Waals surface area (Å²) in [6.07, 6.45) is 0. The molecular weight excluding hydrogens is 360 g/mol. The van der Waals surface area contributed by atoms with Gasteiger partial charge in [0.05, 0.1) is 22.9 Å². The number of thiophene rings is 1. The van der Waals surface area contributed by atoms with Crippen LogP contribution in [0.4, 0.5) is 11.4 Å². The quantitative estimate of drug-likeness (QED) is 0.635. The van der Waals surface area contributed by atoms with E-state index in [0.29, 0.717) is 34.2 Å². The fraction of sp³-hybridized carbons (Fsp3) is 0.143. The molecule has 2 N–H and O–H groups in total. The van der Waals surface area contributed by atoms with Crippen molar-refractivity contribution in [3.05, 3.63) is 76.0 Å². The molecule has 138 valence electrons. The Labute approximate surface area is 162 Å². The second-order valence-corrected chi connectivity index (χ2v) is 6.84. The van der Waals surface area contributed by atoms with Crippen LogP contribution in [0.15, 0.2) is 60.0 Å². The average molecular weight is 380 g/mol. The zero-order valence-electron chi connectivity index (χ0n) is 15.1. The molecule has 2 amide bonds. The monoisotopic (exact) mass is 380 g/mol. The molecule has 0 aliphatic carbocycles. The van der Waals surface area contributed by atoms with E-state index in [1.807, 2.05) is 37.4 Å². The third kappa shape index (κ3) is 4.74. The van der Waals surface area contributed by atoms with E-state index in [1.165, 1.54) is 11.3 Å². The van der Waals surface area contributed by atoms with Gasteiger partial charge in [-0.25, -0.2) is 0 Å². The van der Waals surface area contributed by atoms with Gasteiger partial charge in [0.15, 0.2) is 0 Å². The highest BCUT2D eigenvalue weighted by Crippen LogP contribution is 2.25. The Bertz CT molecular complexity index is 935. The molecule has 0 unspecified atom stereocenters. The highest BCUT2D eigenvalue weighted by molar-refractivity contribution is 7.12. The molecule has 1 aromatic heterocycles. The van der Waals surface area contributed by atoms with Gasteiger partial charge >= 0.3 is 0 Å². The number of anilines is 2. The van der Waals surface area contributed by atoms with E-state index in [4.69, 9.17) is 4.74 Å². The van der Waals surface area contributed by atoms with Gasteiger partial charge in [-0.1, -0.05) is 12.1 Å². The van der Waals surface area contributed by atoms with Gasteiger partial charge in [-0.15, -0.1) is 11.3 Å². The molecule has 0 saturated carbocycles. The molecule has 2 aromatic carbocycles. The Morgan fingerprint density at radius 2 is 1.70 bits per heavy atom. The lowest BCUT2D eigenvalue weighted by atomic mass is 10.1. The van der Waals surface area contributed by atoms with Crippen molar-refractivity contribution in [1.29, 1.82) is 0 Å². The Kier molecular flexibility index (Phi) is 5.88. The molecule has 0 radical (unpaired) electrons. The first kappa shape index (κ1) is 18.7. The van der Waals surface area contributed by atoms with Crippen molar-refractivity contribution in [3.63, 3.8) is 0 Å². The lowest BCUT2D eigenvalue weighted by Crippen LogP contribution is -2.16. The SMILES string of the molecule is CCOc1ccc(C(=O)Nc2cc(C)ccc2NC(=O)c2cccs2)cc1. The summed E-state index contributed by atoms with van der Waals surface area (Å²) in [4.78, 5) is 25.5. The van der Waals surface area contributed by atoms with Crippen molar-refractivity contribution in [3.8, 4) is 5.75 Å². The molecule has 0 spiro atoms. The van der Waals surface area contributed by atoms with Crippen molar-refractivity contribution in [2.45, 2.75) is 13.8 Å². The molecule has 27 heavy (non-hydrogen) atoms. The third-order valence-electron chi connectivity index (χ3n) is 3.84. The van der Waals surface area contributed by atoms with Gasteiger partial charge in [-0.2, -0.15) is 0 Å². The summed E-state index contributed by atoms with van der Waals surface area (Å²) >= 11 is 1.36. The highest BCUT2D eigenvalue weighted by atomic mass is 32.1. The molecule has 0 atom stereocenters. The lowest BCUT2D eigenvalue weighted by Gasteiger charge is -2.13. The minimum Gasteiger partial charge on any atom is -0.494 e. The van der Waals surface area contributed by atoms with Crippen LogP contribution >= 0.6 is 11.3 Å². The number of amides is 2. The maximum absolute atomic E-state index is 12.6. The molecule has 5 nitrogen and oxygen atoms in total. The largest absolute Gasteiger partial charge is 0.494 e. The van der Waals surface area contributed by atoms with Crippen molar-refractivity contribution in [2.75, 3.05) is 17.2 Å². The number of nitrogens with one attached hydrogen (secondary N) is 2. The summed E-state index contributed by atoms with van der Waals surface area (Å²) in [5, 5.41) is 7.58. The van der Waals surface area contributed by atoms with Crippen LogP contribution in [0.3, 0.4) is 0 Å². The normalized spacial score (nSPS) is 10.3. The van der Waals surface area contributed by atoms with E-state index in [0.717, 1.165) is 5.56 Å². The number of aryl methyl sites for hydroxylation is 1. The molecule has 0 saturated heterocycles. The van der Waals surface area contributed by atoms with Crippen LogP contribution in [0.1, 0.15) is 32.5 Å². The van der Waals surface area contributed by atoms with Crippen LogP contribution in [0.25, 0.3) is 0 Å². The first-order chi connectivity index (χ1) is 13.1. The molecule has 0 aliphatic rings. The number of carbonyl (C=O) groups is 2. The second-order valence-electron chi connectivity index (χ2n) is 5.89. The minimum absolute atomic E-state index is 0.203. The van der Waals surface area contributed by atoms with Gasteiger partial charge < -0.3 is 15.4 Å². The second kappa shape index (κ2) is 8.51. The van der Waals surface area contributed by atoms with Gasteiger partial charge in [0, 0.05) is 5.56 Å². The number of benzene rings is 2. The van der Waals surface area contributed by atoms with Crippen molar-refractivity contribution < 1.29 is 14.3 Å². The van der Waals surface area contributed by atoms with Crippen LogP contribution in [-0.2, 0) is 0 Å². The van der Waals surface area contributed by atoms with Gasteiger partial charge in [-0.3, -0.25) is 9.59 Å². The minimum atomic E-state index is -0.254. The summed E-state index contributed by atoms with van der Waals surface area (Å²) in [6, 6.07) is 16.0. The fourth-order valence-corrected chi connectivity index (χ4v) is 3.14. The van der Waals surface area contributed by atoms with Gasteiger partial charge in [0.2, 0.25) is 0 Å². The maximum Gasteiger partial charge on any atom is 0.265 e. The molecule has 6 heteroatoms. The van der Waals surface area contributed by atoms with Gasteiger partial charge in [-0.05, 0) is 67.3 Å². The summed E-state index contributed by atoms with van der Waals surface area (Å²) in [7, 11) is 0. The fourth-order valence-electron chi connectivity index (χ4n) is 2.53. The van der Waals surface area contributed by atoms with Crippen molar-refractivity contribution in [1.82, 2.24) is 0 Å². The predicted octanol–water partition coefficient (Wildman–Crippen LogP) is 4.96. The summed E-state index contributed by atoms with van der Waals surface area (Å²) in [5.74, 6) is 0.259. The Morgan fingerprint density at radius 1 is 0.963 bits per heavy atom. The van der Waals surface area contributed by atoms with E-state index in [-0.39, 0.29) is 11.8 Å². The zero-order valence-corrected chi connectivity index (χ0v) is 15.9. The van der Waals surface area contributed by atoms with Crippen LogP contribution in [-0.4, -0.2) is 18.4 Å². The summed E-state index contributed by atoms with van der Waals surface area (Å²) in [6.45, 7) is 4.41. The molecular formula is C21H20N2O3S.